The van der Waals surface area contributed by atoms with Gasteiger partial charge >= 0.3 is 0 Å². The molecule has 2 aliphatic rings. The Bertz CT molecular complexity index is 434. The minimum absolute atomic E-state index is 0.862. The molecule has 1 aromatic rings. The summed E-state index contributed by atoms with van der Waals surface area (Å²) in [6.07, 6.45) is 4.10. The lowest BCUT2D eigenvalue weighted by Crippen LogP contribution is -2.47. The Balaban J connectivity index is 1.42. The molecule has 0 aliphatic carbocycles. The Morgan fingerprint density at radius 1 is 1.10 bits per heavy atom. The van der Waals surface area contributed by atoms with E-state index in [1.54, 1.807) is 0 Å². The highest BCUT2D eigenvalue weighted by atomic mass is 15.3. The van der Waals surface area contributed by atoms with Crippen LogP contribution in [0.3, 0.4) is 0 Å². The van der Waals surface area contributed by atoms with Crippen LogP contribution in [0.4, 0.5) is 11.4 Å². The number of rotatable bonds is 4. The van der Waals surface area contributed by atoms with Crippen LogP contribution in [-0.2, 0) is 0 Å². The van der Waals surface area contributed by atoms with Gasteiger partial charge in [-0.3, -0.25) is 4.90 Å². The number of hydrogen-bond acceptors (Lipinski definition) is 4. The molecule has 0 aromatic heterocycles. The van der Waals surface area contributed by atoms with Crippen molar-refractivity contribution < 1.29 is 0 Å². The number of anilines is 2. The molecule has 1 aromatic carbocycles. The summed E-state index contributed by atoms with van der Waals surface area (Å²) in [4.78, 5) is 5.09. The first-order valence-corrected chi connectivity index (χ1v) is 8.35. The lowest BCUT2D eigenvalue weighted by Gasteiger charge is -2.37. The molecule has 2 heterocycles. The van der Waals surface area contributed by atoms with E-state index < -0.39 is 0 Å². The lowest BCUT2D eigenvalue weighted by atomic mass is 9.94. The minimum atomic E-state index is 0.862. The minimum Gasteiger partial charge on any atom is -0.399 e. The van der Waals surface area contributed by atoms with Gasteiger partial charge in [-0.05, 0) is 63.0 Å². The molecule has 2 aliphatic heterocycles. The Morgan fingerprint density at radius 2 is 1.86 bits per heavy atom. The van der Waals surface area contributed by atoms with Crippen LogP contribution in [0.5, 0.6) is 0 Å². The highest BCUT2D eigenvalue weighted by Gasteiger charge is 2.19. The fourth-order valence-corrected chi connectivity index (χ4v) is 3.49. The van der Waals surface area contributed by atoms with E-state index in [2.05, 4.69) is 27.2 Å². The number of nitrogens with zero attached hydrogens (tertiary/aromatic N) is 2. The van der Waals surface area contributed by atoms with Gasteiger partial charge in [-0.1, -0.05) is 6.07 Å². The van der Waals surface area contributed by atoms with E-state index in [4.69, 9.17) is 5.73 Å². The molecule has 0 radical (unpaired) electrons. The molecule has 0 bridgehead atoms. The van der Waals surface area contributed by atoms with Crippen molar-refractivity contribution in [1.82, 2.24) is 10.2 Å². The molecule has 4 nitrogen and oxygen atoms in total. The second-order valence-electron chi connectivity index (χ2n) is 6.41. The van der Waals surface area contributed by atoms with Crippen molar-refractivity contribution in [3.8, 4) is 0 Å². The average Bonchev–Trinajstić information content (AvgIpc) is 2.54. The van der Waals surface area contributed by atoms with Gasteiger partial charge in [0.15, 0.2) is 0 Å². The summed E-state index contributed by atoms with van der Waals surface area (Å²) in [7, 11) is 0. The van der Waals surface area contributed by atoms with Crippen LogP contribution in [0, 0.1) is 5.92 Å². The molecule has 2 saturated heterocycles. The van der Waals surface area contributed by atoms with Crippen LogP contribution in [-0.4, -0.2) is 50.7 Å². The molecular formula is C17H28N4. The molecule has 0 spiro atoms. The number of nitrogen functional groups attached to an aromatic ring is 1. The van der Waals surface area contributed by atoms with Gasteiger partial charge in [0.2, 0.25) is 0 Å². The van der Waals surface area contributed by atoms with Crippen molar-refractivity contribution >= 4 is 11.4 Å². The van der Waals surface area contributed by atoms with E-state index in [1.165, 1.54) is 57.7 Å². The molecule has 4 heteroatoms. The van der Waals surface area contributed by atoms with E-state index in [1.807, 2.05) is 12.1 Å². The summed E-state index contributed by atoms with van der Waals surface area (Å²) in [5.74, 6) is 0.943. The van der Waals surface area contributed by atoms with Crippen molar-refractivity contribution in [1.29, 1.82) is 0 Å². The average molecular weight is 288 g/mol. The summed E-state index contributed by atoms with van der Waals surface area (Å²) in [6.45, 7) is 8.31. The Kier molecular flexibility index (Phi) is 4.99. The zero-order valence-corrected chi connectivity index (χ0v) is 12.9. The Hall–Kier alpha value is -1.26. The number of hydrogen-bond donors (Lipinski definition) is 2. The van der Waals surface area contributed by atoms with E-state index in [9.17, 15) is 0 Å². The normalized spacial score (nSPS) is 21.6. The van der Waals surface area contributed by atoms with E-state index in [0.29, 0.717) is 0 Å². The highest BCUT2D eigenvalue weighted by Crippen LogP contribution is 2.20. The third kappa shape index (κ3) is 4.11. The van der Waals surface area contributed by atoms with Gasteiger partial charge in [0, 0.05) is 37.6 Å². The third-order valence-corrected chi connectivity index (χ3v) is 4.92. The summed E-state index contributed by atoms with van der Waals surface area (Å²) < 4.78 is 0. The van der Waals surface area contributed by atoms with Gasteiger partial charge in [-0.25, -0.2) is 0 Å². The topological polar surface area (TPSA) is 44.5 Å². The lowest BCUT2D eigenvalue weighted by molar-refractivity contribution is 0.224. The largest absolute Gasteiger partial charge is 0.399 e. The molecule has 2 fully saturated rings. The number of benzene rings is 1. The molecular weight excluding hydrogens is 260 g/mol. The van der Waals surface area contributed by atoms with Crippen LogP contribution in [0.2, 0.25) is 0 Å². The SMILES string of the molecule is Nc1cccc(N2CCN(CCC3CCNCC3)CC2)c1. The maximum atomic E-state index is 5.88. The fraction of sp³-hybridized carbons (Fsp3) is 0.647. The molecule has 0 unspecified atom stereocenters. The Morgan fingerprint density at radius 3 is 2.57 bits per heavy atom. The maximum Gasteiger partial charge on any atom is 0.0387 e. The second-order valence-corrected chi connectivity index (χ2v) is 6.41. The van der Waals surface area contributed by atoms with Gasteiger partial charge in [0.05, 0.1) is 0 Å². The van der Waals surface area contributed by atoms with Crippen molar-refractivity contribution in [3.05, 3.63) is 24.3 Å². The number of piperidine rings is 1. The maximum absolute atomic E-state index is 5.88. The monoisotopic (exact) mass is 288 g/mol. The standard InChI is InChI=1S/C17H28N4/c18-16-2-1-3-17(14-16)21-12-10-20(11-13-21)9-6-15-4-7-19-8-5-15/h1-3,14-15,19H,4-13,18H2. The van der Waals surface area contributed by atoms with Crippen LogP contribution in [0.25, 0.3) is 0 Å². The summed E-state index contributed by atoms with van der Waals surface area (Å²) in [5, 5.41) is 3.45. The van der Waals surface area contributed by atoms with Crippen LogP contribution >= 0.6 is 0 Å². The van der Waals surface area contributed by atoms with E-state index in [-0.39, 0.29) is 0 Å². The number of nitrogens with one attached hydrogen (secondary N) is 1. The first-order chi connectivity index (χ1) is 10.3. The van der Waals surface area contributed by atoms with E-state index in [0.717, 1.165) is 24.7 Å². The summed E-state index contributed by atoms with van der Waals surface area (Å²) in [5.41, 5.74) is 8.01. The summed E-state index contributed by atoms with van der Waals surface area (Å²) >= 11 is 0. The quantitative estimate of drug-likeness (QED) is 0.829. The predicted octanol–water partition coefficient (Wildman–Crippen LogP) is 1.78. The molecule has 0 amide bonds. The van der Waals surface area contributed by atoms with Crippen molar-refractivity contribution in [2.24, 2.45) is 5.92 Å². The summed E-state index contributed by atoms with van der Waals surface area (Å²) in [6, 6.07) is 8.26. The van der Waals surface area contributed by atoms with Gasteiger partial charge in [0.1, 0.15) is 0 Å². The third-order valence-electron chi connectivity index (χ3n) is 4.92. The van der Waals surface area contributed by atoms with E-state index >= 15 is 0 Å². The predicted molar refractivity (Wildman–Crippen MR) is 89.7 cm³/mol. The van der Waals surface area contributed by atoms with Gasteiger partial charge < -0.3 is 16.0 Å². The smallest absolute Gasteiger partial charge is 0.0387 e. The number of nitrogens with two attached hydrogens (primary N) is 1. The van der Waals surface area contributed by atoms with Crippen LogP contribution in [0.15, 0.2) is 24.3 Å². The molecule has 3 N–H and O–H groups in total. The molecule has 3 rings (SSSR count). The van der Waals surface area contributed by atoms with Crippen molar-refractivity contribution in [2.75, 3.05) is 56.4 Å². The van der Waals surface area contributed by atoms with Gasteiger partial charge in [-0.15, -0.1) is 0 Å². The first kappa shape index (κ1) is 14.7. The van der Waals surface area contributed by atoms with Gasteiger partial charge in [0.25, 0.3) is 0 Å². The first-order valence-electron chi connectivity index (χ1n) is 8.35. The highest BCUT2D eigenvalue weighted by molar-refractivity contribution is 5.56. The molecule has 21 heavy (non-hydrogen) atoms. The fourth-order valence-electron chi connectivity index (χ4n) is 3.49. The zero-order valence-electron chi connectivity index (χ0n) is 12.9. The van der Waals surface area contributed by atoms with Crippen molar-refractivity contribution in [2.45, 2.75) is 19.3 Å². The molecule has 0 atom stereocenters. The zero-order chi connectivity index (χ0) is 14.5. The number of piperazine rings is 1. The van der Waals surface area contributed by atoms with Crippen molar-refractivity contribution in [3.63, 3.8) is 0 Å². The molecule has 116 valence electrons. The van der Waals surface area contributed by atoms with Crippen LogP contribution in [0.1, 0.15) is 19.3 Å². The van der Waals surface area contributed by atoms with Gasteiger partial charge in [-0.2, -0.15) is 0 Å². The second kappa shape index (κ2) is 7.14. The Labute approximate surface area is 128 Å². The van der Waals surface area contributed by atoms with Crippen LogP contribution < -0.4 is 16.0 Å². The molecule has 0 saturated carbocycles.